The van der Waals surface area contributed by atoms with E-state index in [1.165, 1.54) is 5.56 Å². The van der Waals surface area contributed by atoms with E-state index < -0.39 is 0 Å². The van der Waals surface area contributed by atoms with Gasteiger partial charge in [-0.2, -0.15) is 0 Å². The molecule has 4 aromatic rings. The van der Waals surface area contributed by atoms with Gasteiger partial charge < -0.3 is 10.2 Å². The van der Waals surface area contributed by atoms with E-state index in [2.05, 4.69) is 27.4 Å². The second-order valence-electron chi connectivity index (χ2n) is 6.96. The molecule has 28 heavy (non-hydrogen) atoms. The highest BCUT2D eigenvalue weighted by atomic mass is 79.9. The molecular formula is C22H17BrN2O2S. The van der Waals surface area contributed by atoms with Crippen LogP contribution in [0.25, 0.3) is 21.5 Å². The summed E-state index contributed by atoms with van der Waals surface area (Å²) in [5, 5.41) is 2.82. The number of nitrogens with zero attached hydrogens (tertiary/aromatic N) is 1. The number of ketones is 1. The molecule has 0 spiro atoms. The minimum Gasteiger partial charge on any atom is -0.432 e. The summed E-state index contributed by atoms with van der Waals surface area (Å²) in [5.41, 5.74) is 11.3. The fourth-order valence-corrected chi connectivity index (χ4v) is 4.97. The molecule has 0 fully saturated rings. The molecule has 1 aromatic carbocycles. The van der Waals surface area contributed by atoms with Gasteiger partial charge >= 0.3 is 0 Å². The third-order valence-electron chi connectivity index (χ3n) is 5.23. The van der Waals surface area contributed by atoms with Crippen molar-refractivity contribution in [2.45, 2.75) is 25.7 Å². The van der Waals surface area contributed by atoms with Gasteiger partial charge in [0.05, 0.1) is 11.1 Å². The van der Waals surface area contributed by atoms with Gasteiger partial charge in [0, 0.05) is 26.2 Å². The van der Waals surface area contributed by atoms with E-state index in [4.69, 9.17) is 15.1 Å². The first-order valence-electron chi connectivity index (χ1n) is 9.21. The Morgan fingerprint density at radius 1 is 1.14 bits per heavy atom. The van der Waals surface area contributed by atoms with Crippen LogP contribution in [-0.2, 0) is 12.8 Å². The van der Waals surface area contributed by atoms with Crippen molar-refractivity contribution in [2.75, 3.05) is 5.73 Å². The summed E-state index contributed by atoms with van der Waals surface area (Å²) in [4.78, 5) is 18.9. The van der Waals surface area contributed by atoms with Crippen LogP contribution in [0.3, 0.4) is 0 Å². The van der Waals surface area contributed by atoms with E-state index in [0.717, 1.165) is 51.7 Å². The predicted octanol–water partition coefficient (Wildman–Crippen LogP) is 6.01. The fraction of sp³-hybridized carbons (Fsp3) is 0.182. The summed E-state index contributed by atoms with van der Waals surface area (Å²) in [5.74, 6) is -0.0527. The van der Waals surface area contributed by atoms with E-state index in [1.807, 2.05) is 18.2 Å². The molecule has 6 heteroatoms. The number of hydrogen-bond acceptors (Lipinski definition) is 5. The normalized spacial score (nSPS) is 13.6. The van der Waals surface area contributed by atoms with Gasteiger partial charge in [0.1, 0.15) is 0 Å². The maximum absolute atomic E-state index is 13.1. The van der Waals surface area contributed by atoms with E-state index in [9.17, 15) is 4.79 Å². The number of rotatable bonds is 3. The fourth-order valence-electron chi connectivity index (χ4n) is 3.90. The Morgan fingerprint density at radius 2 is 1.93 bits per heavy atom. The van der Waals surface area contributed by atoms with Crippen LogP contribution in [-0.4, -0.2) is 10.8 Å². The monoisotopic (exact) mass is 452 g/mol. The Bertz CT molecular complexity index is 1190. The van der Waals surface area contributed by atoms with Crippen molar-refractivity contribution in [2.24, 2.45) is 0 Å². The number of thiophene rings is 1. The maximum Gasteiger partial charge on any atom is 0.230 e. The van der Waals surface area contributed by atoms with Crippen LogP contribution in [0.15, 0.2) is 50.7 Å². The Hall–Kier alpha value is -2.44. The van der Waals surface area contributed by atoms with Crippen LogP contribution in [0.4, 0.5) is 5.69 Å². The molecule has 0 radical (unpaired) electrons. The molecule has 1 aliphatic carbocycles. The molecular weight excluding hydrogens is 436 g/mol. The largest absolute Gasteiger partial charge is 0.432 e. The molecule has 140 valence electrons. The molecule has 0 atom stereocenters. The summed E-state index contributed by atoms with van der Waals surface area (Å²) >= 11 is 5.07. The van der Waals surface area contributed by atoms with Crippen molar-refractivity contribution >= 4 is 49.8 Å². The van der Waals surface area contributed by atoms with Crippen LogP contribution < -0.4 is 5.73 Å². The molecule has 2 N–H and O–H groups in total. The average molecular weight is 453 g/mol. The van der Waals surface area contributed by atoms with Crippen LogP contribution >= 0.6 is 27.3 Å². The van der Waals surface area contributed by atoms with E-state index in [1.54, 1.807) is 23.5 Å². The number of halogens is 1. The number of nitrogen functional groups attached to an aromatic ring is 1. The number of fused-ring (bicyclic) bond motifs is 2. The molecule has 3 heterocycles. The summed E-state index contributed by atoms with van der Waals surface area (Å²) in [6, 6.07) is 11.3. The number of nitrogens with two attached hydrogens (primary N) is 1. The number of anilines is 1. The molecule has 0 amide bonds. The highest BCUT2D eigenvalue weighted by Crippen LogP contribution is 2.43. The Balaban J connectivity index is 1.76. The second kappa shape index (κ2) is 6.87. The lowest BCUT2D eigenvalue weighted by Gasteiger charge is -2.18. The highest BCUT2D eigenvalue weighted by Gasteiger charge is 2.28. The zero-order valence-electron chi connectivity index (χ0n) is 15.0. The lowest BCUT2D eigenvalue weighted by molar-refractivity contribution is 0.101. The minimum atomic E-state index is -0.224. The standard InChI is InChI=1S/C22H17BrN2O2S/c23-13-9-7-12(8-10-13)20(26)21-19(24)18-17(16-6-3-11-28-16)14-4-1-2-5-15(14)25-22(18)27-21/h3,6-11H,1-2,4-5,24H2. The van der Waals surface area contributed by atoms with Crippen molar-refractivity contribution in [3.05, 3.63) is 68.8 Å². The van der Waals surface area contributed by atoms with Crippen LogP contribution in [0, 0.1) is 0 Å². The first kappa shape index (κ1) is 17.6. The zero-order chi connectivity index (χ0) is 19.3. The first-order chi connectivity index (χ1) is 13.6. The third kappa shape index (κ3) is 2.79. The van der Waals surface area contributed by atoms with Gasteiger partial charge in [-0.05, 0) is 67.0 Å². The molecule has 0 bridgehead atoms. The quantitative estimate of drug-likeness (QED) is 0.386. The van der Waals surface area contributed by atoms with E-state index in [0.29, 0.717) is 17.0 Å². The molecule has 1 aliphatic rings. The molecule has 0 saturated carbocycles. The van der Waals surface area contributed by atoms with Gasteiger partial charge in [-0.15, -0.1) is 11.3 Å². The van der Waals surface area contributed by atoms with Crippen molar-refractivity contribution in [3.63, 3.8) is 0 Å². The molecule has 0 unspecified atom stereocenters. The highest BCUT2D eigenvalue weighted by molar-refractivity contribution is 9.10. The molecule has 5 rings (SSSR count). The van der Waals surface area contributed by atoms with Gasteiger partial charge in [0.2, 0.25) is 17.3 Å². The van der Waals surface area contributed by atoms with Gasteiger partial charge in [-0.25, -0.2) is 4.98 Å². The van der Waals surface area contributed by atoms with Gasteiger partial charge in [0.25, 0.3) is 0 Å². The van der Waals surface area contributed by atoms with Crippen molar-refractivity contribution in [1.29, 1.82) is 0 Å². The Kier molecular flexibility index (Phi) is 4.33. The number of pyridine rings is 1. The second-order valence-corrected chi connectivity index (χ2v) is 8.82. The summed E-state index contributed by atoms with van der Waals surface area (Å²) in [7, 11) is 0. The van der Waals surface area contributed by atoms with E-state index >= 15 is 0 Å². The van der Waals surface area contributed by atoms with Gasteiger partial charge in [-0.1, -0.05) is 22.0 Å². The third-order valence-corrected chi connectivity index (χ3v) is 6.65. The number of furan rings is 1. The molecule has 0 aliphatic heterocycles. The lowest BCUT2D eigenvalue weighted by Crippen LogP contribution is -2.07. The lowest BCUT2D eigenvalue weighted by atomic mass is 9.90. The minimum absolute atomic E-state index is 0.171. The van der Waals surface area contributed by atoms with E-state index in [-0.39, 0.29) is 11.5 Å². The van der Waals surface area contributed by atoms with Crippen LogP contribution in [0.5, 0.6) is 0 Å². The van der Waals surface area contributed by atoms with Crippen LogP contribution in [0.1, 0.15) is 40.2 Å². The van der Waals surface area contributed by atoms with Crippen LogP contribution in [0.2, 0.25) is 0 Å². The van der Waals surface area contributed by atoms with Crippen molar-refractivity contribution in [1.82, 2.24) is 4.98 Å². The van der Waals surface area contributed by atoms with Gasteiger partial charge in [-0.3, -0.25) is 4.79 Å². The maximum atomic E-state index is 13.1. The number of carbonyl (C=O) groups is 1. The summed E-state index contributed by atoms with van der Waals surface area (Å²) in [6.45, 7) is 0. The Labute approximate surface area is 174 Å². The average Bonchev–Trinajstić information content (AvgIpc) is 3.35. The van der Waals surface area contributed by atoms with Crippen molar-refractivity contribution < 1.29 is 9.21 Å². The number of aromatic nitrogens is 1. The number of hydrogen-bond donors (Lipinski definition) is 1. The predicted molar refractivity (Wildman–Crippen MR) is 116 cm³/mol. The number of benzene rings is 1. The number of carbonyl (C=O) groups excluding carboxylic acids is 1. The Morgan fingerprint density at radius 3 is 2.68 bits per heavy atom. The summed E-state index contributed by atoms with van der Waals surface area (Å²) in [6.07, 6.45) is 4.17. The number of aryl methyl sites for hydroxylation is 1. The van der Waals surface area contributed by atoms with Crippen molar-refractivity contribution in [3.8, 4) is 10.4 Å². The molecule has 3 aromatic heterocycles. The summed E-state index contributed by atoms with van der Waals surface area (Å²) < 4.78 is 6.87. The molecule has 4 nitrogen and oxygen atoms in total. The molecule has 0 saturated heterocycles. The topological polar surface area (TPSA) is 69.1 Å². The first-order valence-corrected chi connectivity index (χ1v) is 10.9. The smallest absolute Gasteiger partial charge is 0.230 e. The van der Waals surface area contributed by atoms with Gasteiger partial charge in [0.15, 0.2) is 0 Å². The zero-order valence-corrected chi connectivity index (χ0v) is 17.4. The SMILES string of the molecule is Nc1c(C(=O)c2ccc(Br)cc2)oc2nc3c(c(-c4cccs4)c12)CCCC3.